The van der Waals surface area contributed by atoms with Crippen LogP contribution >= 0.6 is 11.8 Å². The molecule has 1 atom stereocenters. The Morgan fingerprint density at radius 1 is 1.44 bits per heavy atom. The highest BCUT2D eigenvalue weighted by Gasteiger charge is 2.11. The summed E-state index contributed by atoms with van der Waals surface area (Å²) in [4.78, 5) is 11.8. The van der Waals surface area contributed by atoms with E-state index in [2.05, 4.69) is 27.8 Å². The SMILES string of the molecule is CCCNc1ccc(C(=O)NC(C)CSC)nn1. The fraction of sp³-hybridized carbons (Fsp3) is 0.583. The molecule has 0 aliphatic heterocycles. The summed E-state index contributed by atoms with van der Waals surface area (Å²) < 4.78 is 0. The average Bonchev–Trinajstić information content (AvgIpc) is 2.37. The molecule has 0 fully saturated rings. The van der Waals surface area contributed by atoms with E-state index in [1.54, 1.807) is 23.9 Å². The number of carbonyl (C=O) groups is 1. The van der Waals surface area contributed by atoms with Gasteiger partial charge in [0, 0.05) is 18.3 Å². The van der Waals surface area contributed by atoms with Gasteiger partial charge in [0.1, 0.15) is 5.82 Å². The molecule has 0 bridgehead atoms. The van der Waals surface area contributed by atoms with Crippen LogP contribution in [0.5, 0.6) is 0 Å². The molecule has 1 rings (SSSR count). The molecule has 0 aliphatic carbocycles. The van der Waals surface area contributed by atoms with Gasteiger partial charge in [-0.3, -0.25) is 4.79 Å². The van der Waals surface area contributed by atoms with Crippen molar-refractivity contribution < 1.29 is 4.79 Å². The number of hydrogen-bond donors (Lipinski definition) is 2. The molecule has 0 spiro atoms. The molecular formula is C12H20N4OS. The van der Waals surface area contributed by atoms with Crippen molar-refractivity contribution >= 4 is 23.5 Å². The van der Waals surface area contributed by atoms with Gasteiger partial charge >= 0.3 is 0 Å². The number of amides is 1. The number of hydrogen-bond acceptors (Lipinski definition) is 5. The number of thioether (sulfide) groups is 1. The maximum Gasteiger partial charge on any atom is 0.272 e. The molecule has 1 aromatic heterocycles. The molecule has 1 aromatic rings. The number of nitrogens with zero attached hydrogens (tertiary/aromatic N) is 2. The Labute approximate surface area is 112 Å². The van der Waals surface area contributed by atoms with E-state index in [0.29, 0.717) is 11.5 Å². The summed E-state index contributed by atoms with van der Waals surface area (Å²) in [7, 11) is 0. The third-order valence-corrected chi connectivity index (χ3v) is 3.08. The van der Waals surface area contributed by atoms with Crippen molar-refractivity contribution in [3.05, 3.63) is 17.8 Å². The topological polar surface area (TPSA) is 66.9 Å². The van der Waals surface area contributed by atoms with E-state index in [1.165, 1.54) is 0 Å². The van der Waals surface area contributed by atoms with Gasteiger partial charge < -0.3 is 10.6 Å². The summed E-state index contributed by atoms with van der Waals surface area (Å²) in [6.07, 6.45) is 3.03. The predicted octanol–water partition coefficient (Wildman–Crippen LogP) is 1.78. The molecule has 6 heteroatoms. The van der Waals surface area contributed by atoms with E-state index in [1.807, 2.05) is 13.2 Å². The fourth-order valence-electron chi connectivity index (χ4n) is 1.39. The van der Waals surface area contributed by atoms with Gasteiger partial charge in [-0.15, -0.1) is 10.2 Å². The normalized spacial score (nSPS) is 11.9. The second-order valence-electron chi connectivity index (χ2n) is 4.06. The van der Waals surface area contributed by atoms with Gasteiger partial charge in [-0.1, -0.05) is 6.92 Å². The molecule has 18 heavy (non-hydrogen) atoms. The van der Waals surface area contributed by atoms with Gasteiger partial charge in [-0.2, -0.15) is 11.8 Å². The number of aromatic nitrogens is 2. The number of carbonyl (C=O) groups excluding carboxylic acids is 1. The second kappa shape index (κ2) is 7.92. The number of rotatable bonds is 7. The average molecular weight is 268 g/mol. The largest absolute Gasteiger partial charge is 0.369 e. The first kappa shape index (κ1) is 14.8. The highest BCUT2D eigenvalue weighted by Crippen LogP contribution is 2.03. The summed E-state index contributed by atoms with van der Waals surface area (Å²) in [5.74, 6) is 1.41. The summed E-state index contributed by atoms with van der Waals surface area (Å²) >= 11 is 1.70. The molecule has 5 nitrogen and oxygen atoms in total. The van der Waals surface area contributed by atoms with Crippen LogP contribution in [0.25, 0.3) is 0 Å². The Morgan fingerprint density at radius 2 is 2.22 bits per heavy atom. The first-order valence-corrected chi connectivity index (χ1v) is 7.44. The summed E-state index contributed by atoms with van der Waals surface area (Å²) in [6.45, 7) is 4.90. The van der Waals surface area contributed by atoms with Crippen molar-refractivity contribution in [1.82, 2.24) is 15.5 Å². The van der Waals surface area contributed by atoms with Gasteiger partial charge in [0.15, 0.2) is 5.69 Å². The quantitative estimate of drug-likeness (QED) is 0.789. The highest BCUT2D eigenvalue weighted by molar-refractivity contribution is 7.98. The van der Waals surface area contributed by atoms with Crippen LogP contribution in [0, 0.1) is 0 Å². The van der Waals surface area contributed by atoms with Gasteiger partial charge in [0.2, 0.25) is 0 Å². The molecule has 0 aromatic carbocycles. The van der Waals surface area contributed by atoms with E-state index >= 15 is 0 Å². The zero-order valence-electron chi connectivity index (χ0n) is 11.1. The molecule has 1 amide bonds. The van der Waals surface area contributed by atoms with Crippen molar-refractivity contribution in [3.63, 3.8) is 0 Å². The zero-order chi connectivity index (χ0) is 13.4. The summed E-state index contributed by atoms with van der Waals surface area (Å²) in [5, 5.41) is 13.9. The second-order valence-corrected chi connectivity index (χ2v) is 4.97. The van der Waals surface area contributed by atoms with Crippen molar-refractivity contribution in [3.8, 4) is 0 Å². The number of nitrogens with one attached hydrogen (secondary N) is 2. The Bertz CT molecular complexity index is 369. The highest BCUT2D eigenvalue weighted by atomic mass is 32.2. The Hall–Kier alpha value is -1.30. The van der Waals surface area contributed by atoms with Crippen LogP contribution in [0.4, 0.5) is 5.82 Å². The van der Waals surface area contributed by atoms with Crippen molar-refractivity contribution in [2.75, 3.05) is 23.9 Å². The minimum Gasteiger partial charge on any atom is -0.369 e. The maximum absolute atomic E-state index is 11.8. The first-order chi connectivity index (χ1) is 8.67. The van der Waals surface area contributed by atoms with Crippen molar-refractivity contribution in [2.24, 2.45) is 0 Å². The molecule has 0 radical (unpaired) electrons. The van der Waals surface area contributed by atoms with E-state index in [-0.39, 0.29) is 11.9 Å². The molecule has 1 heterocycles. The molecule has 2 N–H and O–H groups in total. The third kappa shape index (κ3) is 4.91. The summed E-state index contributed by atoms with van der Waals surface area (Å²) in [6, 6.07) is 3.59. The van der Waals surface area contributed by atoms with Gasteiger partial charge in [-0.05, 0) is 31.7 Å². The monoisotopic (exact) mass is 268 g/mol. The van der Waals surface area contributed by atoms with Crippen LogP contribution in [-0.4, -0.2) is 40.7 Å². The van der Waals surface area contributed by atoms with Crippen LogP contribution < -0.4 is 10.6 Å². The zero-order valence-corrected chi connectivity index (χ0v) is 11.9. The Kier molecular flexibility index (Phi) is 6.49. The van der Waals surface area contributed by atoms with E-state index < -0.39 is 0 Å². The molecular weight excluding hydrogens is 248 g/mol. The van der Waals surface area contributed by atoms with E-state index in [9.17, 15) is 4.79 Å². The standard InChI is InChI=1S/C12H20N4OS/c1-4-7-13-11-6-5-10(15-16-11)12(17)14-9(2)8-18-3/h5-6,9H,4,7-8H2,1-3H3,(H,13,16)(H,14,17). The van der Waals surface area contributed by atoms with Crippen LogP contribution in [-0.2, 0) is 0 Å². The minimum absolute atomic E-state index is 0.132. The Balaban J connectivity index is 2.53. The van der Waals surface area contributed by atoms with Crippen molar-refractivity contribution in [2.45, 2.75) is 26.3 Å². The van der Waals surface area contributed by atoms with Crippen LogP contribution in [0.2, 0.25) is 0 Å². The Morgan fingerprint density at radius 3 is 2.78 bits per heavy atom. The molecule has 100 valence electrons. The summed E-state index contributed by atoms with van der Waals surface area (Å²) in [5.41, 5.74) is 0.352. The van der Waals surface area contributed by atoms with E-state index in [0.717, 1.165) is 18.7 Å². The van der Waals surface area contributed by atoms with Gasteiger partial charge in [-0.25, -0.2) is 0 Å². The number of anilines is 1. The van der Waals surface area contributed by atoms with Crippen molar-refractivity contribution in [1.29, 1.82) is 0 Å². The molecule has 1 unspecified atom stereocenters. The molecule has 0 saturated heterocycles. The van der Waals surface area contributed by atoms with Crippen LogP contribution in [0.3, 0.4) is 0 Å². The van der Waals surface area contributed by atoms with E-state index in [4.69, 9.17) is 0 Å². The lowest BCUT2D eigenvalue weighted by Crippen LogP contribution is -2.34. The van der Waals surface area contributed by atoms with Gasteiger partial charge in [0.05, 0.1) is 0 Å². The van der Waals surface area contributed by atoms with Gasteiger partial charge in [0.25, 0.3) is 5.91 Å². The minimum atomic E-state index is -0.175. The maximum atomic E-state index is 11.8. The molecule has 0 aliphatic rings. The fourth-order valence-corrected chi connectivity index (χ4v) is 1.97. The first-order valence-electron chi connectivity index (χ1n) is 6.04. The van der Waals surface area contributed by atoms with Crippen LogP contribution in [0.1, 0.15) is 30.8 Å². The lowest BCUT2D eigenvalue weighted by molar-refractivity contribution is 0.0938. The lowest BCUT2D eigenvalue weighted by atomic mass is 10.3. The molecule has 0 saturated carbocycles. The lowest BCUT2D eigenvalue weighted by Gasteiger charge is -2.11. The smallest absolute Gasteiger partial charge is 0.272 e. The third-order valence-electron chi connectivity index (χ3n) is 2.25. The van der Waals surface area contributed by atoms with Crippen LogP contribution in [0.15, 0.2) is 12.1 Å². The predicted molar refractivity (Wildman–Crippen MR) is 76.1 cm³/mol.